The number of piperidine rings is 1. The average Bonchev–Trinajstić information content (AvgIpc) is 2.63. The van der Waals surface area contributed by atoms with Crippen molar-refractivity contribution >= 4 is 5.78 Å². The summed E-state index contributed by atoms with van der Waals surface area (Å²) >= 11 is 0. The molecular weight excluding hydrogens is 282 g/mol. The van der Waals surface area contributed by atoms with Gasteiger partial charge in [0.25, 0.3) is 0 Å². The van der Waals surface area contributed by atoms with Crippen molar-refractivity contribution in [3.63, 3.8) is 0 Å². The molecule has 0 aromatic heterocycles. The molecule has 1 saturated heterocycles. The van der Waals surface area contributed by atoms with Gasteiger partial charge >= 0.3 is 0 Å². The summed E-state index contributed by atoms with van der Waals surface area (Å²) in [5.74, 6) is 3.82. The standard InChI is InChI=1S/C21H37NO/c1-2-17-7-6-14-22(15-17)16-21(23)20-12-10-19(11-13-20)18-8-4-3-5-9-18/h17-20H,2-16H2,1H3/p+1. The van der Waals surface area contributed by atoms with Crippen LogP contribution in [0.1, 0.15) is 84.0 Å². The highest BCUT2D eigenvalue weighted by Gasteiger charge is 2.33. The molecule has 0 amide bonds. The van der Waals surface area contributed by atoms with E-state index in [9.17, 15) is 4.79 Å². The first kappa shape index (κ1) is 17.5. The maximum absolute atomic E-state index is 12.7. The summed E-state index contributed by atoms with van der Waals surface area (Å²) in [5.41, 5.74) is 0. The molecule has 3 aliphatic rings. The van der Waals surface area contributed by atoms with E-state index in [0.717, 1.165) is 24.3 Å². The summed E-state index contributed by atoms with van der Waals surface area (Å²) < 4.78 is 0. The van der Waals surface area contributed by atoms with Gasteiger partial charge in [0.05, 0.1) is 13.1 Å². The smallest absolute Gasteiger partial charge is 0.189 e. The third kappa shape index (κ3) is 4.81. The van der Waals surface area contributed by atoms with Crippen molar-refractivity contribution in [2.24, 2.45) is 23.7 Å². The fourth-order valence-corrected chi connectivity index (χ4v) is 5.67. The third-order valence-electron chi connectivity index (χ3n) is 7.27. The van der Waals surface area contributed by atoms with Crippen LogP contribution in [0.2, 0.25) is 0 Å². The number of carbonyl (C=O) groups excluding carboxylic acids is 1. The molecule has 3 fully saturated rings. The Labute approximate surface area is 143 Å². The lowest BCUT2D eigenvalue weighted by Gasteiger charge is -2.36. The third-order valence-corrected chi connectivity index (χ3v) is 7.27. The minimum absolute atomic E-state index is 0.407. The van der Waals surface area contributed by atoms with Crippen LogP contribution in [0.3, 0.4) is 0 Å². The largest absolute Gasteiger partial charge is 0.329 e. The van der Waals surface area contributed by atoms with Crippen molar-refractivity contribution in [2.45, 2.75) is 84.0 Å². The van der Waals surface area contributed by atoms with Gasteiger partial charge < -0.3 is 4.90 Å². The van der Waals surface area contributed by atoms with Gasteiger partial charge in [0.15, 0.2) is 5.78 Å². The van der Waals surface area contributed by atoms with E-state index in [0.29, 0.717) is 11.7 Å². The molecule has 2 nitrogen and oxygen atoms in total. The normalized spacial score (nSPS) is 36.7. The monoisotopic (exact) mass is 320 g/mol. The fourth-order valence-electron chi connectivity index (χ4n) is 5.67. The molecular formula is C21H38NO+. The molecule has 2 unspecified atom stereocenters. The van der Waals surface area contributed by atoms with E-state index in [1.807, 2.05) is 0 Å². The summed E-state index contributed by atoms with van der Waals surface area (Å²) in [6, 6.07) is 0. The highest BCUT2D eigenvalue weighted by atomic mass is 16.1. The van der Waals surface area contributed by atoms with Gasteiger partial charge in [-0.2, -0.15) is 0 Å². The van der Waals surface area contributed by atoms with E-state index >= 15 is 0 Å². The maximum atomic E-state index is 12.7. The van der Waals surface area contributed by atoms with Crippen LogP contribution in [0.5, 0.6) is 0 Å². The second-order valence-electron chi connectivity index (χ2n) is 8.77. The Kier molecular flexibility index (Phi) is 6.56. The van der Waals surface area contributed by atoms with Gasteiger partial charge in [-0.3, -0.25) is 4.79 Å². The minimum atomic E-state index is 0.407. The lowest BCUT2D eigenvalue weighted by Crippen LogP contribution is -3.14. The molecule has 132 valence electrons. The number of likely N-dealkylation sites (tertiary alicyclic amines) is 1. The molecule has 2 aliphatic carbocycles. The molecule has 0 radical (unpaired) electrons. The highest BCUT2D eigenvalue weighted by molar-refractivity contribution is 5.81. The van der Waals surface area contributed by atoms with Gasteiger partial charge in [0.2, 0.25) is 0 Å². The molecule has 0 aromatic rings. The van der Waals surface area contributed by atoms with E-state index in [-0.39, 0.29) is 0 Å². The Hall–Kier alpha value is -0.370. The lowest BCUT2D eigenvalue weighted by atomic mass is 9.70. The molecule has 1 aliphatic heterocycles. The Morgan fingerprint density at radius 1 is 0.870 bits per heavy atom. The second-order valence-corrected chi connectivity index (χ2v) is 8.77. The summed E-state index contributed by atoms with van der Waals surface area (Å²) in [6.45, 7) is 5.62. The Balaban J connectivity index is 1.41. The predicted octanol–water partition coefficient (Wildman–Crippen LogP) is 3.65. The summed E-state index contributed by atoms with van der Waals surface area (Å²) in [4.78, 5) is 14.3. The van der Waals surface area contributed by atoms with Crippen molar-refractivity contribution in [3.05, 3.63) is 0 Å². The first-order valence-electron chi connectivity index (χ1n) is 10.6. The maximum Gasteiger partial charge on any atom is 0.189 e. The fraction of sp³-hybridized carbons (Fsp3) is 0.952. The van der Waals surface area contributed by atoms with Gasteiger partial charge in [-0.25, -0.2) is 0 Å². The number of ketones is 1. The Morgan fingerprint density at radius 2 is 1.57 bits per heavy atom. The van der Waals surface area contributed by atoms with Gasteiger partial charge in [0.1, 0.15) is 6.54 Å². The van der Waals surface area contributed by atoms with Crippen molar-refractivity contribution in [1.29, 1.82) is 0 Å². The number of hydrogen-bond donors (Lipinski definition) is 1. The zero-order chi connectivity index (χ0) is 16.1. The second kappa shape index (κ2) is 8.65. The SMILES string of the molecule is CCC1CCC[NH+](CC(=O)C2CCC(C3CCCCC3)CC2)C1. The van der Waals surface area contributed by atoms with Crippen LogP contribution < -0.4 is 4.90 Å². The average molecular weight is 321 g/mol. The first-order valence-corrected chi connectivity index (χ1v) is 10.6. The van der Waals surface area contributed by atoms with E-state index in [4.69, 9.17) is 0 Å². The van der Waals surface area contributed by atoms with Crippen LogP contribution in [0.4, 0.5) is 0 Å². The number of nitrogens with one attached hydrogen (secondary N) is 1. The molecule has 1 heterocycles. The van der Waals surface area contributed by atoms with E-state index in [1.165, 1.54) is 90.1 Å². The van der Waals surface area contributed by atoms with Crippen LogP contribution in [-0.2, 0) is 4.79 Å². The molecule has 0 bridgehead atoms. The summed E-state index contributed by atoms with van der Waals surface area (Å²) in [6.07, 6.45) is 16.4. The predicted molar refractivity (Wildman–Crippen MR) is 95.6 cm³/mol. The number of Topliss-reactive ketones (excluding diaryl/α,β-unsaturated/α-hetero) is 1. The van der Waals surface area contributed by atoms with Gasteiger partial charge in [-0.15, -0.1) is 0 Å². The molecule has 2 heteroatoms. The van der Waals surface area contributed by atoms with Crippen molar-refractivity contribution in [1.82, 2.24) is 0 Å². The van der Waals surface area contributed by atoms with E-state index in [2.05, 4.69) is 6.92 Å². The van der Waals surface area contributed by atoms with Gasteiger partial charge in [-0.05, 0) is 56.8 Å². The van der Waals surface area contributed by atoms with Crippen LogP contribution in [0.15, 0.2) is 0 Å². The van der Waals surface area contributed by atoms with Crippen LogP contribution in [0.25, 0.3) is 0 Å². The van der Waals surface area contributed by atoms with Gasteiger partial charge in [0, 0.05) is 11.8 Å². The quantitative estimate of drug-likeness (QED) is 0.820. The van der Waals surface area contributed by atoms with Crippen LogP contribution in [-0.4, -0.2) is 25.4 Å². The Morgan fingerprint density at radius 3 is 2.26 bits per heavy atom. The Bertz CT molecular complexity index is 366. The molecule has 1 N–H and O–H groups in total. The molecule has 0 spiro atoms. The van der Waals surface area contributed by atoms with Gasteiger partial charge in [-0.1, -0.05) is 39.0 Å². The molecule has 2 atom stereocenters. The van der Waals surface area contributed by atoms with Crippen LogP contribution in [0, 0.1) is 23.7 Å². The minimum Gasteiger partial charge on any atom is -0.329 e. The van der Waals surface area contributed by atoms with E-state index in [1.54, 1.807) is 4.90 Å². The highest BCUT2D eigenvalue weighted by Crippen LogP contribution is 2.39. The number of quaternary nitrogens is 1. The van der Waals surface area contributed by atoms with Crippen molar-refractivity contribution < 1.29 is 9.69 Å². The molecule has 23 heavy (non-hydrogen) atoms. The van der Waals surface area contributed by atoms with E-state index < -0.39 is 0 Å². The molecule has 0 aromatic carbocycles. The molecule has 3 rings (SSSR count). The van der Waals surface area contributed by atoms with Crippen molar-refractivity contribution in [3.8, 4) is 0 Å². The lowest BCUT2D eigenvalue weighted by molar-refractivity contribution is -0.900. The number of hydrogen-bond acceptors (Lipinski definition) is 1. The zero-order valence-corrected chi connectivity index (χ0v) is 15.3. The first-order chi connectivity index (χ1) is 11.3. The van der Waals surface area contributed by atoms with Crippen molar-refractivity contribution in [2.75, 3.05) is 19.6 Å². The van der Waals surface area contributed by atoms with Crippen LogP contribution >= 0.6 is 0 Å². The summed E-state index contributed by atoms with van der Waals surface area (Å²) in [7, 11) is 0. The molecule has 2 saturated carbocycles. The summed E-state index contributed by atoms with van der Waals surface area (Å²) in [5, 5.41) is 0. The number of carbonyl (C=O) groups is 1. The zero-order valence-electron chi connectivity index (χ0n) is 15.3. The number of rotatable bonds is 5. The topological polar surface area (TPSA) is 21.5 Å².